The molecule has 1 heterocycles. The van der Waals surface area contributed by atoms with Gasteiger partial charge in [0.1, 0.15) is 17.4 Å². The highest BCUT2D eigenvalue weighted by Gasteiger charge is 2.53. The van der Waals surface area contributed by atoms with Crippen LogP contribution in [0.4, 0.5) is 8.78 Å². The van der Waals surface area contributed by atoms with Crippen molar-refractivity contribution in [2.24, 2.45) is 4.99 Å². The first-order valence-electron chi connectivity index (χ1n) is 13.7. The van der Waals surface area contributed by atoms with Crippen LogP contribution in [0.25, 0.3) is 0 Å². The lowest BCUT2D eigenvalue weighted by Gasteiger charge is -2.31. The van der Waals surface area contributed by atoms with Crippen molar-refractivity contribution >= 4 is 50.9 Å². The van der Waals surface area contributed by atoms with Crippen LogP contribution in [0.15, 0.2) is 94.4 Å². The molecule has 4 aromatic rings. The van der Waals surface area contributed by atoms with Crippen LogP contribution >= 0.6 is 39.1 Å². The van der Waals surface area contributed by atoms with E-state index in [0.29, 0.717) is 34.9 Å². The van der Waals surface area contributed by atoms with E-state index in [2.05, 4.69) is 21.2 Å². The molecule has 2 N–H and O–H groups in total. The Morgan fingerprint density at radius 2 is 1.77 bits per heavy atom. The number of amides is 1. The van der Waals surface area contributed by atoms with Crippen molar-refractivity contribution < 1.29 is 28.2 Å². The lowest BCUT2D eigenvalue weighted by molar-refractivity contribution is -0.129. The van der Waals surface area contributed by atoms with Crippen molar-refractivity contribution in [1.82, 2.24) is 5.32 Å². The van der Waals surface area contributed by atoms with Gasteiger partial charge in [-0.2, -0.15) is 0 Å². The van der Waals surface area contributed by atoms with Crippen molar-refractivity contribution in [1.29, 1.82) is 0 Å². The smallest absolute Gasteiger partial charge is 0.252 e. The fourth-order valence-electron chi connectivity index (χ4n) is 4.88. The first-order chi connectivity index (χ1) is 21.2. The molecular weight excluding hydrogens is 677 g/mol. The van der Waals surface area contributed by atoms with Crippen molar-refractivity contribution in [2.45, 2.75) is 31.0 Å². The molecule has 11 heteroatoms. The molecule has 1 aliphatic rings. The molecule has 4 aromatic carbocycles. The molecule has 0 fully saturated rings. The number of nitrogens with one attached hydrogen (secondary N) is 1. The zero-order chi connectivity index (χ0) is 31.3. The Morgan fingerprint density at radius 3 is 2.45 bits per heavy atom. The Bertz CT molecular complexity index is 1670. The number of carbonyl (C=O) groups is 1. The molecule has 0 aromatic heterocycles. The summed E-state index contributed by atoms with van der Waals surface area (Å²) in [6, 6.07) is 22.5. The summed E-state index contributed by atoms with van der Waals surface area (Å²) >= 11 is 16.3. The van der Waals surface area contributed by atoms with Gasteiger partial charge in [0.25, 0.3) is 5.91 Å². The van der Waals surface area contributed by atoms with Crippen LogP contribution in [0.5, 0.6) is 5.75 Å². The highest BCUT2D eigenvalue weighted by Crippen LogP contribution is 2.45. The second-order valence-corrected chi connectivity index (χ2v) is 11.9. The van der Waals surface area contributed by atoms with Gasteiger partial charge in [0, 0.05) is 63.3 Å². The second-order valence-electron chi connectivity index (χ2n) is 10.2. The van der Waals surface area contributed by atoms with E-state index in [9.17, 15) is 13.6 Å². The van der Waals surface area contributed by atoms with Crippen LogP contribution in [0.2, 0.25) is 10.0 Å². The molecule has 6 nitrogen and oxygen atoms in total. The number of hydrogen-bond acceptors (Lipinski definition) is 5. The van der Waals surface area contributed by atoms with Crippen molar-refractivity contribution in [2.75, 3.05) is 13.2 Å². The Morgan fingerprint density at radius 1 is 1.02 bits per heavy atom. The highest BCUT2D eigenvalue weighted by molar-refractivity contribution is 9.10. The molecule has 5 rings (SSSR count). The number of nitrogens with zero attached hydrogens (tertiary/aromatic N) is 1. The Hall–Kier alpha value is -3.50. The molecule has 0 spiro atoms. The van der Waals surface area contributed by atoms with Crippen molar-refractivity contribution in [3.05, 3.63) is 133 Å². The minimum absolute atomic E-state index is 0.0215. The number of aliphatic hydroxyl groups excluding tert-OH is 1. The fraction of sp³-hybridized carbons (Fsp3) is 0.212. The average Bonchev–Trinajstić information content (AvgIpc) is 3.38. The van der Waals surface area contributed by atoms with Crippen LogP contribution in [-0.4, -0.2) is 35.7 Å². The summed E-state index contributed by atoms with van der Waals surface area (Å²) in [5, 5.41) is 12.5. The van der Waals surface area contributed by atoms with Gasteiger partial charge in [-0.3, -0.25) is 4.79 Å². The molecule has 0 unspecified atom stereocenters. The monoisotopic (exact) mass is 702 g/mol. The first kappa shape index (κ1) is 31.9. The standard InChI is InChI=1S/C33H27BrCl2F2N2O4/c34-23-7-2-20(3-8-23)18-33(32(42)39-19-22-4-10-25(37)17-29(22)38)30(27-13-9-24(35)16-28(27)36)44-31(40-33)21-5-11-26(12-6-21)43-15-1-14-41/h2-13,16-17,30,41H,1,14-15,18-19H2,(H,39,42)/t30-,33-/m1/s1. The van der Waals surface area contributed by atoms with E-state index >= 15 is 0 Å². The lowest BCUT2D eigenvalue weighted by Crippen LogP contribution is -2.49. The van der Waals surface area contributed by atoms with Gasteiger partial charge < -0.3 is 19.9 Å². The van der Waals surface area contributed by atoms with Gasteiger partial charge in [0.15, 0.2) is 11.6 Å². The summed E-state index contributed by atoms with van der Waals surface area (Å²) in [4.78, 5) is 19.3. The van der Waals surface area contributed by atoms with E-state index in [1.54, 1.807) is 42.5 Å². The van der Waals surface area contributed by atoms with Gasteiger partial charge in [0.05, 0.1) is 6.61 Å². The van der Waals surface area contributed by atoms with E-state index in [1.165, 1.54) is 6.07 Å². The normalized spacial score (nSPS) is 17.6. The largest absolute Gasteiger partial charge is 0.494 e. The summed E-state index contributed by atoms with van der Waals surface area (Å²) in [7, 11) is 0. The molecule has 44 heavy (non-hydrogen) atoms. The number of halogens is 5. The third-order valence-electron chi connectivity index (χ3n) is 7.12. The van der Waals surface area contributed by atoms with E-state index in [0.717, 1.165) is 22.2 Å². The second kappa shape index (κ2) is 14.1. The Kier molecular flexibility index (Phi) is 10.2. The third-order valence-corrected chi connectivity index (χ3v) is 8.21. The third kappa shape index (κ3) is 7.24. The van der Waals surface area contributed by atoms with E-state index in [4.69, 9.17) is 42.8 Å². The number of benzene rings is 4. The molecule has 0 saturated carbocycles. The SMILES string of the molecule is O=C(NCc1ccc(F)cc1F)[C@]1(Cc2ccc(Br)cc2)N=C(c2ccc(OCCCO)cc2)O[C@@H]1c1ccc(Cl)cc1Cl. The molecule has 228 valence electrons. The summed E-state index contributed by atoms with van der Waals surface area (Å²) in [5.74, 6) is -1.25. The summed E-state index contributed by atoms with van der Waals surface area (Å²) in [6.07, 6.45) is -0.395. The van der Waals surface area contributed by atoms with Crippen LogP contribution in [-0.2, 0) is 22.5 Å². The molecule has 1 amide bonds. The minimum atomic E-state index is -1.59. The lowest BCUT2D eigenvalue weighted by atomic mass is 9.82. The average molecular weight is 704 g/mol. The molecule has 0 radical (unpaired) electrons. The Balaban J connectivity index is 1.58. The number of ether oxygens (including phenoxy) is 2. The maximum atomic E-state index is 14.5. The highest BCUT2D eigenvalue weighted by atomic mass is 79.9. The van der Waals surface area contributed by atoms with Gasteiger partial charge in [-0.25, -0.2) is 13.8 Å². The molecular formula is C33H27BrCl2F2N2O4. The number of carbonyl (C=O) groups excluding carboxylic acids is 1. The summed E-state index contributed by atoms with van der Waals surface area (Å²) < 4.78 is 41.0. The van der Waals surface area contributed by atoms with Crippen LogP contribution in [0.1, 0.15) is 34.8 Å². The maximum Gasteiger partial charge on any atom is 0.252 e. The zero-order valence-electron chi connectivity index (χ0n) is 23.2. The number of rotatable bonds is 11. The van der Waals surface area contributed by atoms with Crippen LogP contribution < -0.4 is 10.1 Å². The van der Waals surface area contributed by atoms with Crippen LogP contribution in [0, 0.1) is 11.6 Å². The van der Waals surface area contributed by atoms with Crippen molar-refractivity contribution in [3.63, 3.8) is 0 Å². The van der Waals surface area contributed by atoms with Crippen molar-refractivity contribution in [3.8, 4) is 5.75 Å². The number of aliphatic imine (C=N–C) groups is 1. The molecule has 0 aliphatic carbocycles. The summed E-state index contributed by atoms with van der Waals surface area (Å²) in [6.45, 7) is 0.169. The quantitative estimate of drug-likeness (QED) is 0.158. The van der Waals surface area contributed by atoms with Gasteiger partial charge >= 0.3 is 0 Å². The number of aliphatic hydroxyl groups is 1. The van der Waals surface area contributed by atoms with Gasteiger partial charge in [-0.05, 0) is 60.2 Å². The van der Waals surface area contributed by atoms with E-state index in [1.807, 2.05) is 24.3 Å². The van der Waals surface area contributed by atoms with Crippen LogP contribution in [0.3, 0.4) is 0 Å². The minimum Gasteiger partial charge on any atom is -0.494 e. The molecule has 2 atom stereocenters. The fourth-order valence-corrected chi connectivity index (χ4v) is 5.65. The zero-order valence-corrected chi connectivity index (χ0v) is 26.3. The molecule has 1 aliphatic heterocycles. The topological polar surface area (TPSA) is 80.2 Å². The first-order valence-corrected chi connectivity index (χ1v) is 15.3. The van der Waals surface area contributed by atoms with E-state index < -0.39 is 29.2 Å². The van der Waals surface area contributed by atoms with Gasteiger partial charge in [0.2, 0.25) is 5.90 Å². The molecule has 0 saturated heterocycles. The maximum absolute atomic E-state index is 14.5. The van der Waals surface area contributed by atoms with Gasteiger partial charge in [-0.1, -0.05) is 63.4 Å². The Labute approximate surface area is 271 Å². The van der Waals surface area contributed by atoms with Gasteiger partial charge in [-0.15, -0.1) is 0 Å². The molecule has 0 bridgehead atoms. The number of hydrogen-bond donors (Lipinski definition) is 2. The predicted molar refractivity (Wildman–Crippen MR) is 169 cm³/mol. The van der Waals surface area contributed by atoms with E-state index in [-0.39, 0.29) is 36.1 Å². The predicted octanol–water partition coefficient (Wildman–Crippen LogP) is 7.61. The summed E-state index contributed by atoms with van der Waals surface area (Å²) in [5.41, 5.74) is 0.378.